The van der Waals surface area contributed by atoms with Crippen molar-refractivity contribution in [1.82, 2.24) is 4.57 Å². The van der Waals surface area contributed by atoms with Gasteiger partial charge in [-0.25, -0.2) is 4.79 Å². The van der Waals surface area contributed by atoms with Gasteiger partial charge in [0.05, 0.1) is 5.56 Å². The lowest BCUT2D eigenvalue weighted by molar-refractivity contribution is -0.0498. The minimum Gasteiger partial charge on any atom is -0.454 e. The molecule has 0 radical (unpaired) electrons. The van der Waals surface area contributed by atoms with Gasteiger partial charge >= 0.3 is 12.6 Å². The molecule has 0 aliphatic heterocycles. The van der Waals surface area contributed by atoms with Crippen molar-refractivity contribution in [3.05, 3.63) is 77.1 Å². The summed E-state index contributed by atoms with van der Waals surface area (Å²) in [6, 6.07) is 13.9. The van der Waals surface area contributed by atoms with Gasteiger partial charge in [-0.15, -0.1) is 0 Å². The molecule has 32 heavy (non-hydrogen) atoms. The first kappa shape index (κ1) is 23.3. The van der Waals surface area contributed by atoms with Crippen LogP contribution in [-0.2, 0) is 15.5 Å². The number of Topliss-reactive ketones (excluding diaryl/α,β-unsaturated/α-hetero) is 1. The molecular formula is C23H21F2NO5S. The van der Waals surface area contributed by atoms with Gasteiger partial charge < -0.3 is 14.0 Å². The summed E-state index contributed by atoms with van der Waals surface area (Å²) in [5.74, 6) is -0.996. The van der Waals surface area contributed by atoms with E-state index in [0.717, 1.165) is 5.69 Å². The zero-order valence-corrected chi connectivity index (χ0v) is 18.4. The van der Waals surface area contributed by atoms with E-state index in [1.807, 2.05) is 0 Å². The number of benzene rings is 2. The van der Waals surface area contributed by atoms with Crippen molar-refractivity contribution in [2.75, 3.05) is 12.9 Å². The van der Waals surface area contributed by atoms with Crippen LogP contribution in [0.3, 0.4) is 0 Å². The van der Waals surface area contributed by atoms with Crippen LogP contribution in [0.15, 0.2) is 59.5 Å². The van der Waals surface area contributed by atoms with E-state index in [9.17, 15) is 22.6 Å². The summed E-state index contributed by atoms with van der Waals surface area (Å²) in [5, 5.41) is 0. The molecule has 0 aliphatic carbocycles. The molecule has 9 heteroatoms. The molecule has 1 aromatic heterocycles. The predicted octanol–water partition coefficient (Wildman–Crippen LogP) is 4.47. The molecule has 1 atom stereocenters. The SMILES string of the molecule is Cc1cc(C(=O)COC(=O)c2ccc([S@](C)=O)cc2)c(C)n1-c1ccc(OC(F)F)cc1. The van der Waals surface area contributed by atoms with E-state index in [1.165, 1.54) is 30.5 Å². The Morgan fingerprint density at radius 3 is 2.22 bits per heavy atom. The molecule has 0 aliphatic rings. The third-order valence-corrected chi connectivity index (χ3v) is 5.74. The fourth-order valence-electron chi connectivity index (χ4n) is 3.29. The largest absolute Gasteiger partial charge is 0.454 e. The number of halogens is 2. The first-order valence-electron chi connectivity index (χ1n) is 9.55. The van der Waals surface area contributed by atoms with Gasteiger partial charge in [-0.3, -0.25) is 9.00 Å². The number of ether oxygens (including phenoxy) is 2. The number of carbonyl (C=O) groups excluding carboxylic acids is 2. The average Bonchev–Trinajstić information content (AvgIpc) is 3.06. The van der Waals surface area contributed by atoms with Crippen LogP contribution in [0, 0.1) is 13.8 Å². The molecule has 0 saturated heterocycles. The molecule has 0 bridgehead atoms. The Morgan fingerprint density at radius 2 is 1.66 bits per heavy atom. The summed E-state index contributed by atoms with van der Waals surface area (Å²) in [6.45, 7) is 0.205. The van der Waals surface area contributed by atoms with Crippen molar-refractivity contribution in [3.63, 3.8) is 0 Å². The quantitative estimate of drug-likeness (QED) is 0.366. The first-order chi connectivity index (χ1) is 15.2. The predicted molar refractivity (Wildman–Crippen MR) is 115 cm³/mol. The zero-order valence-electron chi connectivity index (χ0n) is 17.6. The molecule has 168 valence electrons. The van der Waals surface area contributed by atoms with Crippen LogP contribution >= 0.6 is 0 Å². The monoisotopic (exact) mass is 461 g/mol. The van der Waals surface area contributed by atoms with Gasteiger partial charge in [0.2, 0.25) is 5.78 Å². The topological polar surface area (TPSA) is 74.6 Å². The second kappa shape index (κ2) is 9.86. The van der Waals surface area contributed by atoms with Gasteiger partial charge in [0.1, 0.15) is 5.75 Å². The number of aryl methyl sites for hydroxylation is 1. The lowest BCUT2D eigenvalue weighted by Crippen LogP contribution is -2.15. The van der Waals surface area contributed by atoms with Crippen LogP contribution < -0.4 is 4.74 Å². The molecule has 2 aromatic carbocycles. The van der Waals surface area contributed by atoms with Gasteiger partial charge in [-0.05, 0) is 68.4 Å². The van der Waals surface area contributed by atoms with E-state index in [0.29, 0.717) is 21.8 Å². The zero-order chi connectivity index (χ0) is 23.4. The molecule has 0 unspecified atom stereocenters. The third-order valence-electron chi connectivity index (χ3n) is 4.81. The highest BCUT2D eigenvalue weighted by molar-refractivity contribution is 7.84. The van der Waals surface area contributed by atoms with Crippen molar-refractivity contribution in [2.45, 2.75) is 25.4 Å². The standard InChI is InChI=1S/C23H21F2NO5S/c1-14-12-20(15(2)26(14)17-6-8-18(9-7-17)31-23(24)25)21(27)13-30-22(28)16-4-10-19(11-5-16)32(3)29/h4-12,23H,13H2,1-3H3/t32-/m0/s1. The van der Waals surface area contributed by atoms with E-state index >= 15 is 0 Å². The Labute approximate surface area is 186 Å². The van der Waals surface area contributed by atoms with Crippen molar-refractivity contribution in [1.29, 1.82) is 0 Å². The smallest absolute Gasteiger partial charge is 0.387 e. The van der Waals surface area contributed by atoms with Crippen molar-refractivity contribution in [2.24, 2.45) is 0 Å². The minimum atomic E-state index is -2.91. The van der Waals surface area contributed by atoms with E-state index in [1.54, 1.807) is 48.7 Å². The number of ketones is 1. The molecule has 6 nitrogen and oxygen atoms in total. The number of esters is 1. The number of rotatable bonds is 8. The number of hydrogen-bond donors (Lipinski definition) is 0. The number of aromatic nitrogens is 1. The highest BCUT2D eigenvalue weighted by atomic mass is 32.2. The van der Waals surface area contributed by atoms with E-state index in [4.69, 9.17) is 4.74 Å². The maximum Gasteiger partial charge on any atom is 0.387 e. The van der Waals surface area contributed by atoms with E-state index < -0.39 is 30.0 Å². The first-order valence-corrected chi connectivity index (χ1v) is 11.1. The number of alkyl halides is 2. The fraction of sp³-hybridized carbons (Fsp3) is 0.217. The van der Waals surface area contributed by atoms with Crippen molar-refractivity contribution in [3.8, 4) is 11.4 Å². The molecule has 0 amide bonds. The Kier molecular flexibility index (Phi) is 7.19. The van der Waals surface area contributed by atoms with Crippen molar-refractivity contribution < 1.29 is 32.1 Å². The number of nitrogens with zero attached hydrogens (tertiary/aromatic N) is 1. The number of carbonyl (C=O) groups is 2. The lowest BCUT2D eigenvalue weighted by atomic mass is 10.1. The summed E-state index contributed by atoms with van der Waals surface area (Å²) >= 11 is 0. The summed E-state index contributed by atoms with van der Waals surface area (Å²) in [5.41, 5.74) is 2.69. The normalized spacial score (nSPS) is 11.9. The van der Waals surface area contributed by atoms with Crippen LogP contribution in [0.5, 0.6) is 5.75 Å². The molecule has 3 rings (SSSR count). The molecular weight excluding hydrogens is 440 g/mol. The fourth-order valence-corrected chi connectivity index (χ4v) is 3.81. The second-order valence-electron chi connectivity index (χ2n) is 6.97. The molecule has 0 spiro atoms. The minimum absolute atomic E-state index is 0.0348. The average molecular weight is 461 g/mol. The van der Waals surface area contributed by atoms with Gasteiger partial charge in [-0.2, -0.15) is 8.78 Å². The summed E-state index contributed by atoms with van der Waals surface area (Å²) in [7, 11) is -1.16. The highest BCUT2D eigenvalue weighted by Gasteiger charge is 2.19. The molecule has 0 N–H and O–H groups in total. The van der Waals surface area contributed by atoms with Gasteiger partial charge in [-0.1, -0.05) is 0 Å². The Hall–Kier alpha value is -3.33. The molecule has 0 saturated carbocycles. The van der Waals surface area contributed by atoms with Gasteiger partial charge in [0.25, 0.3) is 0 Å². The summed E-state index contributed by atoms with van der Waals surface area (Å²) in [4.78, 5) is 25.5. The summed E-state index contributed by atoms with van der Waals surface area (Å²) in [6.07, 6.45) is 1.54. The highest BCUT2D eigenvalue weighted by Crippen LogP contribution is 2.24. The van der Waals surface area contributed by atoms with Crippen LogP contribution in [0.1, 0.15) is 32.1 Å². The summed E-state index contributed by atoms with van der Waals surface area (Å²) < 4.78 is 47.4. The lowest BCUT2D eigenvalue weighted by Gasteiger charge is -2.11. The maximum atomic E-state index is 12.7. The number of hydrogen-bond acceptors (Lipinski definition) is 5. The maximum absolute atomic E-state index is 12.7. The Bertz CT molecular complexity index is 1150. The van der Waals surface area contributed by atoms with Crippen LogP contribution in [0.25, 0.3) is 5.69 Å². The Morgan fingerprint density at radius 1 is 1.03 bits per heavy atom. The van der Waals surface area contributed by atoms with Gasteiger partial charge in [0.15, 0.2) is 6.61 Å². The third kappa shape index (κ3) is 5.28. The molecule has 3 aromatic rings. The van der Waals surface area contributed by atoms with E-state index in [-0.39, 0.29) is 17.1 Å². The second-order valence-corrected chi connectivity index (χ2v) is 8.35. The Balaban J connectivity index is 1.71. The van der Waals surface area contributed by atoms with Crippen LogP contribution in [0.2, 0.25) is 0 Å². The van der Waals surface area contributed by atoms with E-state index in [2.05, 4.69) is 4.74 Å². The van der Waals surface area contributed by atoms with Crippen LogP contribution in [0.4, 0.5) is 8.78 Å². The van der Waals surface area contributed by atoms with Crippen LogP contribution in [-0.4, -0.2) is 40.0 Å². The molecule has 1 heterocycles. The van der Waals surface area contributed by atoms with Crippen molar-refractivity contribution >= 4 is 22.6 Å². The van der Waals surface area contributed by atoms with Gasteiger partial charge in [0, 0.05) is 44.6 Å². The molecule has 0 fully saturated rings.